The minimum atomic E-state index is -3.40. The topological polar surface area (TPSA) is 72.5 Å². The molecule has 1 N–H and O–H groups in total. The molecule has 0 saturated heterocycles. The molecule has 1 amide bonds. The highest BCUT2D eigenvalue weighted by molar-refractivity contribution is 7.91. The number of anilines is 1. The summed E-state index contributed by atoms with van der Waals surface area (Å²) in [4.78, 5) is 11.9. The summed E-state index contributed by atoms with van der Waals surface area (Å²) >= 11 is 12.2. The van der Waals surface area contributed by atoms with Crippen LogP contribution in [-0.4, -0.2) is 20.1 Å². The van der Waals surface area contributed by atoms with Crippen molar-refractivity contribution in [3.63, 3.8) is 0 Å². The van der Waals surface area contributed by atoms with E-state index in [1.54, 1.807) is 43.3 Å². The van der Waals surface area contributed by atoms with E-state index in [0.717, 1.165) is 11.1 Å². The smallest absolute Gasteiger partial charge is 0.221 e. The first-order chi connectivity index (χ1) is 15.4. The van der Waals surface area contributed by atoms with Crippen molar-refractivity contribution in [3.05, 3.63) is 76.3 Å². The normalized spacial score (nSPS) is 11.8. The van der Waals surface area contributed by atoms with Gasteiger partial charge in [0.25, 0.3) is 0 Å². The number of hydrogen-bond donors (Lipinski definition) is 1. The molecule has 0 unspecified atom stereocenters. The SMILES string of the molecule is CCS(=O)(=O)c1ccc(NC(C)=O)c(-c2ccc(OC(C)(C)c3ccc(Cl)c(Cl)c3)cc2)c1. The molecule has 0 aliphatic carbocycles. The highest BCUT2D eigenvalue weighted by Crippen LogP contribution is 2.35. The van der Waals surface area contributed by atoms with Crippen LogP contribution in [0.4, 0.5) is 5.69 Å². The third-order valence-electron chi connectivity index (χ3n) is 5.19. The Kier molecular flexibility index (Phi) is 7.42. The number of rotatable bonds is 7. The Bertz CT molecular complexity index is 1290. The molecular weight excluding hydrogens is 481 g/mol. The van der Waals surface area contributed by atoms with Gasteiger partial charge in [0, 0.05) is 18.2 Å². The van der Waals surface area contributed by atoms with Crippen molar-refractivity contribution in [1.82, 2.24) is 0 Å². The zero-order chi connectivity index (χ0) is 24.4. The summed E-state index contributed by atoms with van der Waals surface area (Å²) in [6.45, 7) is 6.85. The van der Waals surface area contributed by atoms with Crippen LogP contribution in [0.2, 0.25) is 10.0 Å². The molecule has 0 saturated carbocycles. The number of halogens is 2. The predicted octanol–water partition coefficient (Wildman–Crippen LogP) is 6.73. The van der Waals surface area contributed by atoms with E-state index in [-0.39, 0.29) is 16.6 Å². The van der Waals surface area contributed by atoms with Crippen LogP contribution in [-0.2, 0) is 20.2 Å². The summed E-state index contributed by atoms with van der Waals surface area (Å²) in [6, 6.07) is 17.3. The quantitative estimate of drug-likeness (QED) is 0.386. The number of benzene rings is 3. The van der Waals surface area contributed by atoms with Crippen LogP contribution >= 0.6 is 23.2 Å². The molecule has 0 spiro atoms. The maximum atomic E-state index is 12.4. The Morgan fingerprint density at radius 2 is 1.64 bits per heavy atom. The Labute approximate surface area is 204 Å². The molecule has 0 aliphatic rings. The van der Waals surface area contributed by atoms with Gasteiger partial charge in [-0.1, -0.05) is 48.3 Å². The maximum absolute atomic E-state index is 12.4. The van der Waals surface area contributed by atoms with Gasteiger partial charge in [0.15, 0.2) is 9.84 Å². The Hall–Kier alpha value is -2.54. The lowest BCUT2D eigenvalue weighted by Gasteiger charge is -2.27. The third kappa shape index (κ3) is 5.88. The fraction of sp³-hybridized carbons (Fsp3) is 0.240. The highest BCUT2D eigenvalue weighted by atomic mass is 35.5. The number of hydrogen-bond acceptors (Lipinski definition) is 4. The molecule has 3 rings (SSSR count). The maximum Gasteiger partial charge on any atom is 0.221 e. The number of ether oxygens (including phenoxy) is 1. The number of amides is 1. The Morgan fingerprint density at radius 1 is 0.970 bits per heavy atom. The molecule has 0 heterocycles. The fourth-order valence-electron chi connectivity index (χ4n) is 3.35. The van der Waals surface area contributed by atoms with Gasteiger partial charge in [-0.3, -0.25) is 4.79 Å². The van der Waals surface area contributed by atoms with Gasteiger partial charge in [0.2, 0.25) is 5.91 Å². The molecule has 3 aromatic carbocycles. The second-order valence-electron chi connectivity index (χ2n) is 8.06. The third-order valence-corrected chi connectivity index (χ3v) is 7.67. The van der Waals surface area contributed by atoms with Crippen LogP contribution in [0.25, 0.3) is 11.1 Å². The van der Waals surface area contributed by atoms with Crippen LogP contribution in [0.1, 0.15) is 33.3 Å². The van der Waals surface area contributed by atoms with Crippen LogP contribution < -0.4 is 10.1 Å². The summed E-state index contributed by atoms with van der Waals surface area (Å²) in [6.07, 6.45) is 0. The highest BCUT2D eigenvalue weighted by Gasteiger charge is 2.24. The van der Waals surface area contributed by atoms with Crippen LogP contribution in [0.15, 0.2) is 65.6 Å². The largest absolute Gasteiger partial charge is 0.483 e. The lowest BCUT2D eigenvalue weighted by atomic mass is 9.98. The summed E-state index contributed by atoms with van der Waals surface area (Å²) < 4.78 is 31.0. The van der Waals surface area contributed by atoms with E-state index < -0.39 is 15.4 Å². The van der Waals surface area contributed by atoms with E-state index in [0.29, 0.717) is 27.0 Å². The number of nitrogens with one attached hydrogen (secondary N) is 1. The molecular formula is C25H25Cl2NO4S. The molecule has 174 valence electrons. The minimum Gasteiger partial charge on any atom is -0.483 e. The first kappa shape index (κ1) is 25.1. The van der Waals surface area contributed by atoms with Crippen molar-refractivity contribution < 1.29 is 17.9 Å². The molecule has 0 aliphatic heterocycles. The van der Waals surface area contributed by atoms with Crippen molar-refractivity contribution in [3.8, 4) is 16.9 Å². The van der Waals surface area contributed by atoms with E-state index in [9.17, 15) is 13.2 Å². The van der Waals surface area contributed by atoms with Crippen LogP contribution in [0.5, 0.6) is 5.75 Å². The molecule has 0 radical (unpaired) electrons. The summed E-state index contributed by atoms with van der Waals surface area (Å²) in [7, 11) is -3.40. The van der Waals surface area contributed by atoms with E-state index in [1.165, 1.54) is 13.0 Å². The number of carbonyl (C=O) groups excluding carboxylic acids is 1. The van der Waals surface area contributed by atoms with Gasteiger partial charge in [0.1, 0.15) is 11.4 Å². The molecule has 0 aromatic heterocycles. The molecule has 3 aromatic rings. The van der Waals surface area contributed by atoms with Crippen LogP contribution in [0.3, 0.4) is 0 Å². The van der Waals surface area contributed by atoms with Crippen molar-refractivity contribution in [2.75, 3.05) is 11.1 Å². The van der Waals surface area contributed by atoms with E-state index >= 15 is 0 Å². The van der Waals surface area contributed by atoms with Gasteiger partial charge < -0.3 is 10.1 Å². The summed E-state index contributed by atoms with van der Waals surface area (Å²) in [5.41, 5.74) is 2.07. The number of sulfone groups is 1. The molecule has 0 atom stereocenters. The Balaban J connectivity index is 1.95. The zero-order valence-electron chi connectivity index (χ0n) is 18.8. The van der Waals surface area contributed by atoms with Gasteiger partial charge in [-0.2, -0.15) is 0 Å². The van der Waals surface area contributed by atoms with Crippen molar-refractivity contribution >= 4 is 44.6 Å². The van der Waals surface area contributed by atoms with Gasteiger partial charge in [-0.25, -0.2) is 8.42 Å². The number of carbonyl (C=O) groups is 1. The second-order valence-corrected chi connectivity index (χ2v) is 11.2. The monoisotopic (exact) mass is 505 g/mol. The van der Waals surface area contributed by atoms with Gasteiger partial charge in [-0.15, -0.1) is 0 Å². The van der Waals surface area contributed by atoms with E-state index in [4.69, 9.17) is 27.9 Å². The molecule has 0 bridgehead atoms. The zero-order valence-corrected chi connectivity index (χ0v) is 21.1. The van der Waals surface area contributed by atoms with Crippen LogP contribution in [0, 0.1) is 0 Å². The van der Waals surface area contributed by atoms with Gasteiger partial charge in [-0.05, 0) is 67.4 Å². The van der Waals surface area contributed by atoms with Crippen molar-refractivity contribution in [2.45, 2.75) is 38.2 Å². The standard InChI is InChI=1S/C25H25Cl2NO4S/c1-5-33(30,31)20-11-13-24(28-16(2)29)21(15-20)17-6-9-19(10-7-17)32-25(3,4)18-8-12-22(26)23(27)14-18/h6-15H,5H2,1-4H3,(H,28,29). The Morgan fingerprint density at radius 3 is 2.21 bits per heavy atom. The molecule has 8 heteroatoms. The second kappa shape index (κ2) is 9.75. The minimum absolute atomic E-state index is 0.0114. The molecule has 0 fully saturated rings. The van der Waals surface area contributed by atoms with Crippen molar-refractivity contribution in [2.24, 2.45) is 0 Å². The predicted molar refractivity (Wildman–Crippen MR) is 134 cm³/mol. The first-order valence-electron chi connectivity index (χ1n) is 10.3. The molecule has 33 heavy (non-hydrogen) atoms. The van der Waals surface area contributed by atoms with Gasteiger partial charge in [0.05, 0.1) is 20.7 Å². The average Bonchev–Trinajstić information content (AvgIpc) is 2.75. The lowest BCUT2D eigenvalue weighted by molar-refractivity contribution is -0.114. The lowest BCUT2D eigenvalue weighted by Crippen LogP contribution is -2.25. The fourth-order valence-corrected chi connectivity index (χ4v) is 4.55. The first-order valence-corrected chi connectivity index (χ1v) is 12.7. The van der Waals surface area contributed by atoms with E-state index in [1.807, 2.05) is 32.0 Å². The van der Waals surface area contributed by atoms with Crippen molar-refractivity contribution in [1.29, 1.82) is 0 Å². The summed E-state index contributed by atoms with van der Waals surface area (Å²) in [5, 5.41) is 3.69. The molecule has 5 nitrogen and oxygen atoms in total. The average molecular weight is 506 g/mol. The van der Waals surface area contributed by atoms with E-state index in [2.05, 4.69) is 5.32 Å². The summed E-state index contributed by atoms with van der Waals surface area (Å²) in [5.74, 6) is 0.363. The van der Waals surface area contributed by atoms with Gasteiger partial charge >= 0.3 is 0 Å².